The third-order valence-corrected chi connectivity index (χ3v) is 7.49. The van der Waals surface area contributed by atoms with Gasteiger partial charge in [-0.2, -0.15) is 4.98 Å². The van der Waals surface area contributed by atoms with Crippen LogP contribution < -0.4 is 20.9 Å². The van der Waals surface area contributed by atoms with E-state index in [-0.39, 0.29) is 35.0 Å². The van der Waals surface area contributed by atoms with Crippen molar-refractivity contribution in [1.82, 2.24) is 20.6 Å². The molecule has 2 heterocycles. The molecule has 1 aliphatic heterocycles. The predicted octanol–water partition coefficient (Wildman–Crippen LogP) is 3.31. The summed E-state index contributed by atoms with van der Waals surface area (Å²) in [6.07, 6.45) is 9.63. The molecule has 2 aliphatic carbocycles. The van der Waals surface area contributed by atoms with Crippen LogP contribution in [0.5, 0.6) is 0 Å². The summed E-state index contributed by atoms with van der Waals surface area (Å²) in [6, 6.07) is 0. The molecule has 0 spiro atoms. The minimum atomic E-state index is -0.491. The molecule has 0 bridgehead atoms. The molecule has 1 saturated heterocycles. The van der Waals surface area contributed by atoms with Crippen LogP contribution in [0.1, 0.15) is 47.0 Å². The number of carbonyl (C=O) groups excluding carboxylic acids is 2. The minimum absolute atomic E-state index is 0.125. The molecule has 2 saturated carbocycles. The van der Waals surface area contributed by atoms with E-state index < -0.39 is 5.82 Å². The molecule has 1 aromatic rings. The third-order valence-electron chi connectivity index (χ3n) is 7.49. The number of amides is 2. The van der Waals surface area contributed by atoms with Crippen LogP contribution >= 0.6 is 0 Å². The van der Waals surface area contributed by atoms with Gasteiger partial charge in [0.05, 0.1) is 11.7 Å². The second-order valence-corrected chi connectivity index (χ2v) is 9.87. The molecule has 0 radical (unpaired) electrons. The van der Waals surface area contributed by atoms with E-state index >= 15 is 0 Å². The van der Waals surface area contributed by atoms with Gasteiger partial charge in [0.15, 0.2) is 11.6 Å². The van der Waals surface area contributed by atoms with Gasteiger partial charge in [0.2, 0.25) is 17.8 Å². The molecule has 8 nitrogen and oxygen atoms in total. The SMILES string of the molecule is CC/C=C/C(=C\C(C)=C(/C)C(=O)NC)Nc1ncc(F)c(N2C[C@@H]3[C@H](C)[C@]3(NC(=O)C3CC3)C2)n1. The molecule has 4 rings (SSSR count). The highest BCUT2D eigenvalue weighted by molar-refractivity contribution is 5.93. The Morgan fingerprint density at radius 2 is 2.06 bits per heavy atom. The lowest BCUT2D eigenvalue weighted by atomic mass is 10.1. The Bertz CT molecular complexity index is 1110. The molecule has 3 N–H and O–H groups in total. The maximum absolute atomic E-state index is 14.8. The summed E-state index contributed by atoms with van der Waals surface area (Å²) in [5.41, 5.74) is 1.79. The molecule has 0 aromatic carbocycles. The summed E-state index contributed by atoms with van der Waals surface area (Å²) in [5, 5.41) is 9.05. The fraction of sp³-hybridized carbons (Fsp3) is 0.538. The van der Waals surface area contributed by atoms with Crippen LogP contribution in [0.2, 0.25) is 0 Å². The highest BCUT2D eigenvalue weighted by Crippen LogP contribution is 2.56. The zero-order chi connectivity index (χ0) is 25.3. The van der Waals surface area contributed by atoms with E-state index in [4.69, 9.17) is 0 Å². The fourth-order valence-electron chi connectivity index (χ4n) is 4.86. The van der Waals surface area contributed by atoms with Crippen molar-refractivity contribution in [3.8, 4) is 0 Å². The first-order valence-electron chi connectivity index (χ1n) is 12.3. The quantitative estimate of drug-likeness (QED) is 0.369. The van der Waals surface area contributed by atoms with Crippen molar-refractivity contribution in [3.05, 3.63) is 47.1 Å². The number of nitrogens with one attached hydrogen (secondary N) is 3. The second kappa shape index (κ2) is 9.79. The van der Waals surface area contributed by atoms with E-state index in [1.807, 2.05) is 37.0 Å². The van der Waals surface area contributed by atoms with Gasteiger partial charge in [-0.3, -0.25) is 9.59 Å². The lowest BCUT2D eigenvalue weighted by Gasteiger charge is -2.25. The molecule has 3 atom stereocenters. The van der Waals surface area contributed by atoms with Crippen LogP contribution in [-0.2, 0) is 9.59 Å². The predicted molar refractivity (Wildman–Crippen MR) is 134 cm³/mol. The topological polar surface area (TPSA) is 99.3 Å². The molecule has 188 valence electrons. The second-order valence-electron chi connectivity index (χ2n) is 9.87. The van der Waals surface area contributed by atoms with Gasteiger partial charge in [-0.1, -0.05) is 19.9 Å². The van der Waals surface area contributed by atoms with E-state index in [0.29, 0.717) is 36.2 Å². The molecule has 3 aliphatic rings. The number of carbonyl (C=O) groups is 2. The van der Waals surface area contributed by atoms with Gasteiger partial charge in [-0.05, 0) is 56.8 Å². The number of likely N-dealkylation sites (N-methyl/N-ethyl adjacent to an activating group) is 1. The first-order valence-corrected chi connectivity index (χ1v) is 12.3. The molecule has 2 amide bonds. The van der Waals surface area contributed by atoms with Crippen molar-refractivity contribution in [2.75, 3.05) is 30.4 Å². The van der Waals surface area contributed by atoms with Gasteiger partial charge in [-0.25, -0.2) is 9.37 Å². The highest BCUT2D eigenvalue weighted by Gasteiger charge is 2.68. The Labute approximate surface area is 206 Å². The number of hydrogen-bond donors (Lipinski definition) is 3. The van der Waals surface area contributed by atoms with Crippen LogP contribution in [0.15, 0.2) is 41.3 Å². The smallest absolute Gasteiger partial charge is 0.246 e. The van der Waals surface area contributed by atoms with E-state index in [2.05, 4.69) is 32.8 Å². The van der Waals surface area contributed by atoms with Gasteiger partial charge in [0.1, 0.15) is 0 Å². The van der Waals surface area contributed by atoms with Gasteiger partial charge in [-0.15, -0.1) is 0 Å². The summed E-state index contributed by atoms with van der Waals surface area (Å²) < 4.78 is 14.8. The molecule has 0 unspecified atom stereocenters. The first-order chi connectivity index (χ1) is 16.7. The Hall–Kier alpha value is -3.23. The monoisotopic (exact) mass is 482 g/mol. The number of rotatable bonds is 9. The van der Waals surface area contributed by atoms with Crippen LogP contribution in [0.3, 0.4) is 0 Å². The molecule has 1 aromatic heterocycles. The Kier molecular flexibility index (Phi) is 6.96. The molecular formula is C26H35FN6O2. The largest absolute Gasteiger partial charge is 0.355 e. The number of fused-ring (bicyclic) bond motifs is 1. The number of hydrogen-bond acceptors (Lipinski definition) is 6. The minimum Gasteiger partial charge on any atom is -0.355 e. The third kappa shape index (κ3) is 5.09. The number of allylic oxidation sites excluding steroid dienone is 4. The average Bonchev–Trinajstić information content (AvgIpc) is 3.74. The number of nitrogens with zero attached hydrogens (tertiary/aromatic N) is 3. The van der Waals surface area contributed by atoms with Crippen LogP contribution in [0, 0.1) is 23.6 Å². The first kappa shape index (κ1) is 24.9. The van der Waals surface area contributed by atoms with E-state index in [1.165, 1.54) is 6.20 Å². The van der Waals surface area contributed by atoms with Gasteiger partial charge in [0.25, 0.3) is 0 Å². The van der Waals surface area contributed by atoms with Gasteiger partial charge >= 0.3 is 0 Å². The zero-order valence-electron chi connectivity index (χ0n) is 21.1. The Balaban J connectivity index is 1.53. The zero-order valence-corrected chi connectivity index (χ0v) is 21.1. The van der Waals surface area contributed by atoms with Crippen LogP contribution in [0.25, 0.3) is 0 Å². The summed E-state index contributed by atoms with van der Waals surface area (Å²) in [4.78, 5) is 35.0. The highest BCUT2D eigenvalue weighted by atomic mass is 19.1. The van der Waals surface area contributed by atoms with Crippen molar-refractivity contribution in [3.63, 3.8) is 0 Å². The molecule has 3 fully saturated rings. The number of halogens is 1. The Morgan fingerprint density at radius 1 is 1.31 bits per heavy atom. The fourth-order valence-corrected chi connectivity index (χ4v) is 4.86. The van der Waals surface area contributed by atoms with Crippen molar-refractivity contribution in [2.24, 2.45) is 17.8 Å². The van der Waals surface area contributed by atoms with E-state index in [0.717, 1.165) is 24.8 Å². The Morgan fingerprint density at radius 3 is 2.71 bits per heavy atom. The maximum atomic E-state index is 14.8. The average molecular weight is 483 g/mol. The standard InChI is InChI=1S/C26H35FN6O2/c1-6-7-8-19(11-15(2)16(3)23(34)28-5)30-25-29-12-21(27)22(31-25)33-13-20-17(4)26(20,14-33)32-24(35)18-9-10-18/h7-8,11-12,17-18,20H,6,9-10,13-14H2,1-5H3,(H,28,34)(H,32,35)(H,29,30,31)/b8-7+,16-15+,19-11+/t17-,20+,26+/m0/s1. The van der Waals surface area contributed by atoms with Crippen molar-refractivity contribution >= 4 is 23.6 Å². The number of anilines is 2. The lowest BCUT2D eigenvalue weighted by Crippen LogP contribution is -2.45. The van der Waals surface area contributed by atoms with Crippen molar-refractivity contribution in [1.29, 1.82) is 0 Å². The van der Waals surface area contributed by atoms with Crippen LogP contribution in [-0.4, -0.2) is 47.5 Å². The summed E-state index contributed by atoms with van der Waals surface area (Å²) in [7, 11) is 1.59. The van der Waals surface area contributed by atoms with Gasteiger partial charge in [0, 0.05) is 43.2 Å². The number of piperidine rings is 1. The normalized spacial score (nSPS) is 26.3. The molecule has 9 heteroatoms. The van der Waals surface area contributed by atoms with Crippen molar-refractivity contribution in [2.45, 2.75) is 52.5 Å². The van der Waals surface area contributed by atoms with E-state index in [1.54, 1.807) is 14.0 Å². The van der Waals surface area contributed by atoms with Crippen LogP contribution in [0.4, 0.5) is 16.2 Å². The molecular weight excluding hydrogens is 447 g/mol. The van der Waals surface area contributed by atoms with E-state index in [9.17, 15) is 14.0 Å². The lowest BCUT2D eigenvalue weighted by molar-refractivity contribution is -0.123. The van der Waals surface area contributed by atoms with Crippen molar-refractivity contribution < 1.29 is 14.0 Å². The maximum Gasteiger partial charge on any atom is 0.246 e. The summed E-state index contributed by atoms with van der Waals surface area (Å²) >= 11 is 0. The number of aromatic nitrogens is 2. The summed E-state index contributed by atoms with van der Waals surface area (Å²) in [5.74, 6) is 0.786. The molecule has 35 heavy (non-hydrogen) atoms. The van der Waals surface area contributed by atoms with Gasteiger partial charge < -0.3 is 20.9 Å². The summed E-state index contributed by atoms with van der Waals surface area (Å²) in [6.45, 7) is 8.97.